The average Bonchev–Trinajstić information content (AvgIpc) is 2.98. The first-order chi connectivity index (χ1) is 14.0. The standard InChI is InChI=1S/C23H31N3O3/c1-18-7-9-19(10-8-18)14-24-23(28)17-26-16-22(29-2)21(27)13-20(26)15-25-11-5-3-4-6-12-25/h7-10,13,16H,3-6,11-12,14-15,17H2,1-2H3,(H,24,28). The van der Waals surface area contributed by atoms with Gasteiger partial charge in [-0.3, -0.25) is 14.5 Å². The number of aryl methyl sites for hydroxylation is 1. The van der Waals surface area contributed by atoms with Gasteiger partial charge in [-0.1, -0.05) is 42.7 Å². The molecule has 0 aliphatic carbocycles. The van der Waals surface area contributed by atoms with Crippen LogP contribution in [0.1, 0.15) is 42.5 Å². The summed E-state index contributed by atoms with van der Waals surface area (Å²) in [7, 11) is 1.48. The minimum absolute atomic E-state index is 0.0895. The molecule has 1 aliphatic rings. The SMILES string of the molecule is COc1cn(CC(=O)NCc2ccc(C)cc2)c(CN2CCCCCC2)cc1=O. The number of nitrogens with one attached hydrogen (secondary N) is 1. The van der Waals surface area contributed by atoms with Crippen LogP contribution in [0.5, 0.6) is 5.75 Å². The van der Waals surface area contributed by atoms with Gasteiger partial charge in [0.1, 0.15) is 6.54 Å². The lowest BCUT2D eigenvalue weighted by atomic mass is 10.1. The third kappa shape index (κ3) is 6.19. The zero-order valence-corrected chi connectivity index (χ0v) is 17.4. The fraction of sp³-hybridized carbons (Fsp3) is 0.478. The van der Waals surface area contributed by atoms with Gasteiger partial charge >= 0.3 is 0 Å². The summed E-state index contributed by atoms with van der Waals surface area (Å²) in [6.07, 6.45) is 6.52. The summed E-state index contributed by atoms with van der Waals surface area (Å²) < 4.78 is 7.04. The maximum atomic E-state index is 12.6. The number of methoxy groups -OCH3 is 1. The fourth-order valence-electron chi connectivity index (χ4n) is 3.67. The summed E-state index contributed by atoms with van der Waals surface area (Å²) in [5.74, 6) is 0.171. The average molecular weight is 398 g/mol. The number of benzene rings is 1. The predicted octanol–water partition coefficient (Wildman–Crippen LogP) is 2.86. The van der Waals surface area contributed by atoms with Gasteiger partial charge in [0, 0.05) is 24.8 Å². The molecule has 0 atom stereocenters. The first kappa shape index (κ1) is 21.1. The van der Waals surface area contributed by atoms with Gasteiger partial charge in [0.15, 0.2) is 5.75 Å². The molecule has 3 rings (SSSR count). The van der Waals surface area contributed by atoms with Gasteiger partial charge in [0.05, 0.1) is 13.3 Å². The zero-order chi connectivity index (χ0) is 20.6. The smallest absolute Gasteiger partial charge is 0.240 e. The first-order valence-electron chi connectivity index (χ1n) is 10.4. The van der Waals surface area contributed by atoms with Crippen molar-refractivity contribution in [2.24, 2.45) is 0 Å². The van der Waals surface area contributed by atoms with E-state index in [-0.39, 0.29) is 23.6 Å². The molecule has 1 N–H and O–H groups in total. The molecule has 0 radical (unpaired) electrons. The van der Waals surface area contributed by atoms with Gasteiger partial charge in [-0.25, -0.2) is 0 Å². The topological polar surface area (TPSA) is 63.6 Å². The fourth-order valence-corrected chi connectivity index (χ4v) is 3.67. The van der Waals surface area contributed by atoms with Crippen molar-refractivity contribution in [3.8, 4) is 5.75 Å². The number of amides is 1. The molecule has 1 fully saturated rings. The monoisotopic (exact) mass is 397 g/mol. The van der Waals surface area contributed by atoms with Crippen LogP contribution in [0.3, 0.4) is 0 Å². The minimum Gasteiger partial charge on any atom is -0.491 e. The Hall–Kier alpha value is -2.60. The van der Waals surface area contributed by atoms with Gasteiger partial charge in [0.25, 0.3) is 0 Å². The number of nitrogens with zero attached hydrogens (tertiary/aromatic N) is 2. The van der Waals surface area contributed by atoms with Crippen LogP contribution < -0.4 is 15.5 Å². The Balaban J connectivity index is 1.70. The number of ether oxygens (including phenoxy) is 1. The number of hydrogen-bond acceptors (Lipinski definition) is 4. The Kier molecular flexibility index (Phi) is 7.47. The van der Waals surface area contributed by atoms with E-state index in [0.29, 0.717) is 13.1 Å². The molecule has 156 valence electrons. The van der Waals surface area contributed by atoms with E-state index in [4.69, 9.17) is 4.74 Å². The summed E-state index contributed by atoms with van der Waals surface area (Å²) in [5.41, 5.74) is 2.96. The van der Waals surface area contributed by atoms with Crippen molar-refractivity contribution >= 4 is 5.91 Å². The lowest BCUT2D eigenvalue weighted by molar-refractivity contribution is -0.121. The normalized spacial score (nSPS) is 15.0. The van der Waals surface area contributed by atoms with Crippen molar-refractivity contribution in [3.05, 3.63) is 63.6 Å². The Morgan fingerprint density at radius 1 is 1.10 bits per heavy atom. The van der Waals surface area contributed by atoms with Crippen LogP contribution in [0, 0.1) is 6.92 Å². The highest BCUT2D eigenvalue weighted by atomic mass is 16.5. The minimum atomic E-state index is -0.145. The maximum Gasteiger partial charge on any atom is 0.240 e. The molecule has 0 saturated carbocycles. The number of likely N-dealkylation sites (tertiary alicyclic amines) is 1. The molecule has 0 spiro atoms. The molecular formula is C23H31N3O3. The van der Waals surface area contributed by atoms with Crippen molar-refractivity contribution in [1.29, 1.82) is 0 Å². The van der Waals surface area contributed by atoms with Gasteiger partial charge in [0.2, 0.25) is 11.3 Å². The van der Waals surface area contributed by atoms with Crippen LogP contribution in [0.25, 0.3) is 0 Å². The molecule has 1 saturated heterocycles. The van der Waals surface area contributed by atoms with Gasteiger partial charge < -0.3 is 14.6 Å². The van der Waals surface area contributed by atoms with Crippen LogP contribution in [0.2, 0.25) is 0 Å². The summed E-state index contributed by atoms with van der Waals surface area (Å²) in [5, 5.41) is 2.97. The van der Waals surface area contributed by atoms with Crippen LogP contribution in [-0.4, -0.2) is 35.6 Å². The molecule has 6 nitrogen and oxygen atoms in total. The largest absolute Gasteiger partial charge is 0.491 e. The molecule has 1 aromatic carbocycles. The number of hydrogen-bond donors (Lipinski definition) is 1. The van der Waals surface area contributed by atoms with Gasteiger partial charge in [-0.05, 0) is 38.4 Å². The second-order valence-electron chi connectivity index (χ2n) is 7.78. The Morgan fingerprint density at radius 2 is 1.79 bits per heavy atom. The number of pyridine rings is 1. The van der Waals surface area contributed by atoms with Crippen LogP contribution in [0.4, 0.5) is 0 Å². The Labute approximate surface area is 172 Å². The summed E-state index contributed by atoms with van der Waals surface area (Å²) in [6.45, 7) is 5.41. The summed E-state index contributed by atoms with van der Waals surface area (Å²) >= 11 is 0. The highest BCUT2D eigenvalue weighted by molar-refractivity contribution is 5.75. The van der Waals surface area contributed by atoms with E-state index < -0.39 is 0 Å². The number of carbonyl (C=O) groups excluding carboxylic acids is 1. The molecule has 2 aromatic rings. The van der Waals surface area contributed by atoms with Crippen molar-refractivity contribution in [2.75, 3.05) is 20.2 Å². The summed E-state index contributed by atoms with van der Waals surface area (Å²) in [4.78, 5) is 27.2. The van der Waals surface area contributed by atoms with Crippen molar-refractivity contribution in [2.45, 2.75) is 52.2 Å². The van der Waals surface area contributed by atoms with Crippen molar-refractivity contribution in [3.63, 3.8) is 0 Å². The second kappa shape index (κ2) is 10.3. The van der Waals surface area contributed by atoms with Crippen LogP contribution in [0.15, 0.2) is 41.3 Å². The van der Waals surface area contributed by atoms with E-state index in [0.717, 1.165) is 24.3 Å². The molecule has 0 bridgehead atoms. The maximum absolute atomic E-state index is 12.6. The molecule has 29 heavy (non-hydrogen) atoms. The predicted molar refractivity (Wildman–Crippen MR) is 114 cm³/mol. The molecule has 6 heteroatoms. The Bertz CT molecular complexity index is 866. The lowest BCUT2D eigenvalue weighted by Crippen LogP contribution is -2.31. The van der Waals surface area contributed by atoms with E-state index in [2.05, 4.69) is 10.2 Å². The number of rotatable bonds is 7. The van der Waals surface area contributed by atoms with Crippen molar-refractivity contribution < 1.29 is 9.53 Å². The Morgan fingerprint density at radius 3 is 2.45 bits per heavy atom. The quantitative estimate of drug-likeness (QED) is 0.780. The number of aromatic nitrogens is 1. The molecule has 0 unspecified atom stereocenters. The lowest BCUT2D eigenvalue weighted by Gasteiger charge is -2.23. The van der Waals surface area contributed by atoms with Crippen LogP contribution in [-0.2, 0) is 24.4 Å². The highest BCUT2D eigenvalue weighted by Gasteiger charge is 2.15. The van der Waals surface area contributed by atoms with Crippen LogP contribution >= 0.6 is 0 Å². The molecular weight excluding hydrogens is 366 g/mol. The third-order valence-corrected chi connectivity index (χ3v) is 5.41. The van der Waals surface area contributed by atoms with Crippen molar-refractivity contribution in [1.82, 2.24) is 14.8 Å². The number of carbonyl (C=O) groups is 1. The van der Waals surface area contributed by atoms with E-state index in [1.54, 1.807) is 12.3 Å². The molecule has 1 aliphatic heterocycles. The molecule has 1 aromatic heterocycles. The third-order valence-electron chi connectivity index (χ3n) is 5.41. The van der Waals surface area contributed by atoms with E-state index in [9.17, 15) is 9.59 Å². The van der Waals surface area contributed by atoms with E-state index >= 15 is 0 Å². The summed E-state index contributed by atoms with van der Waals surface area (Å²) in [6, 6.07) is 9.71. The second-order valence-corrected chi connectivity index (χ2v) is 7.78. The first-order valence-corrected chi connectivity index (χ1v) is 10.4. The molecule has 1 amide bonds. The van der Waals surface area contributed by atoms with Gasteiger partial charge in [-0.15, -0.1) is 0 Å². The van der Waals surface area contributed by atoms with E-state index in [1.165, 1.54) is 38.4 Å². The highest BCUT2D eigenvalue weighted by Crippen LogP contribution is 2.14. The van der Waals surface area contributed by atoms with Gasteiger partial charge in [-0.2, -0.15) is 0 Å². The molecule has 2 heterocycles. The van der Waals surface area contributed by atoms with E-state index in [1.807, 2.05) is 35.8 Å². The zero-order valence-electron chi connectivity index (χ0n) is 17.4.